The number of aliphatic carboxylic acids is 1. The lowest BCUT2D eigenvalue weighted by Gasteiger charge is -2.26. The molecule has 0 fully saturated rings. The molecule has 0 aliphatic heterocycles. The number of carbonyl (C=O) groups excluding carboxylic acids is 2. The summed E-state index contributed by atoms with van der Waals surface area (Å²) in [6.07, 6.45) is 2.00. The summed E-state index contributed by atoms with van der Waals surface area (Å²) < 4.78 is 0.850. The average Bonchev–Trinajstić information content (AvgIpc) is 2.61. The van der Waals surface area contributed by atoms with Crippen LogP contribution in [0.4, 0.5) is 0 Å². The zero-order valence-electron chi connectivity index (χ0n) is 15.4. The fourth-order valence-electron chi connectivity index (χ4n) is 2.89. The van der Waals surface area contributed by atoms with Gasteiger partial charge in [0.1, 0.15) is 6.04 Å². The Morgan fingerprint density at radius 1 is 1.26 bits per heavy atom. The standard InChI is InChI=1S/C18H23N3O5S/c1-10(2)14(15(22)19-13(17(24)25)8-9-27-3)21-16(23)11-6-4-5-7-12(11)20-18(21)26/h4-7,10,13-14H,8-9H2,1-3H3,(H,19,22)(H,20,26)(H,24,25)/p-1/t13-,14-/m0/s1. The maximum atomic E-state index is 12.8. The molecule has 2 N–H and O–H groups in total. The normalized spacial score (nSPS) is 13.5. The number of hydrogen-bond donors (Lipinski definition) is 2. The molecule has 8 nitrogen and oxygen atoms in total. The van der Waals surface area contributed by atoms with Crippen LogP contribution in [0.3, 0.4) is 0 Å². The van der Waals surface area contributed by atoms with E-state index in [1.165, 1.54) is 11.8 Å². The second-order valence-corrected chi connectivity index (χ2v) is 7.49. The first-order valence-corrected chi connectivity index (χ1v) is 9.91. The Morgan fingerprint density at radius 2 is 1.93 bits per heavy atom. The molecule has 0 saturated heterocycles. The smallest absolute Gasteiger partial charge is 0.329 e. The predicted octanol–water partition coefficient (Wildman–Crippen LogP) is -0.125. The van der Waals surface area contributed by atoms with Crippen molar-refractivity contribution in [3.63, 3.8) is 0 Å². The van der Waals surface area contributed by atoms with Crippen molar-refractivity contribution >= 4 is 34.5 Å². The number of carboxylic acid groups (broad SMARTS) is 1. The summed E-state index contributed by atoms with van der Waals surface area (Å²) in [7, 11) is 0. The summed E-state index contributed by atoms with van der Waals surface area (Å²) in [5.74, 6) is -2.02. The van der Waals surface area contributed by atoms with Crippen LogP contribution in [0, 0.1) is 5.92 Å². The van der Waals surface area contributed by atoms with Gasteiger partial charge in [-0.15, -0.1) is 0 Å². The topological polar surface area (TPSA) is 124 Å². The van der Waals surface area contributed by atoms with E-state index in [0.29, 0.717) is 11.3 Å². The molecule has 27 heavy (non-hydrogen) atoms. The van der Waals surface area contributed by atoms with Crippen LogP contribution in [0.2, 0.25) is 0 Å². The van der Waals surface area contributed by atoms with Crippen LogP contribution >= 0.6 is 11.8 Å². The van der Waals surface area contributed by atoms with E-state index in [9.17, 15) is 24.3 Å². The van der Waals surface area contributed by atoms with Crippen molar-refractivity contribution in [2.24, 2.45) is 5.92 Å². The molecule has 0 aliphatic carbocycles. The number of fused-ring (bicyclic) bond motifs is 1. The van der Waals surface area contributed by atoms with Gasteiger partial charge >= 0.3 is 5.69 Å². The zero-order chi connectivity index (χ0) is 20.1. The molecule has 1 heterocycles. The number of aromatic amines is 1. The summed E-state index contributed by atoms with van der Waals surface area (Å²) in [5.41, 5.74) is -0.946. The molecular weight excluding hydrogens is 370 g/mol. The monoisotopic (exact) mass is 392 g/mol. The quantitative estimate of drug-likeness (QED) is 0.645. The van der Waals surface area contributed by atoms with Crippen LogP contribution in [-0.2, 0) is 9.59 Å². The highest BCUT2D eigenvalue weighted by molar-refractivity contribution is 7.98. The van der Waals surface area contributed by atoms with Gasteiger partial charge in [-0.3, -0.25) is 9.59 Å². The number of carboxylic acids is 1. The summed E-state index contributed by atoms with van der Waals surface area (Å²) in [5, 5.41) is 14.0. The molecule has 2 atom stereocenters. The Labute approximate surface area is 160 Å². The van der Waals surface area contributed by atoms with E-state index >= 15 is 0 Å². The number of H-pyrrole nitrogens is 1. The number of nitrogens with zero attached hydrogens (tertiary/aromatic N) is 1. The fraction of sp³-hybridized carbons (Fsp3) is 0.444. The van der Waals surface area contributed by atoms with E-state index in [4.69, 9.17) is 0 Å². The highest BCUT2D eigenvalue weighted by Crippen LogP contribution is 2.16. The highest BCUT2D eigenvalue weighted by atomic mass is 32.2. The first-order valence-electron chi connectivity index (χ1n) is 8.51. The SMILES string of the molecule is CSCC[C@H](NC(=O)[C@H](C(C)C)n1c(=O)[nH]c2ccccc2c1=O)C(=O)[O-]. The summed E-state index contributed by atoms with van der Waals surface area (Å²) in [4.78, 5) is 52.0. The van der Waals surface area contributed by atoms with Crippen LogP contribution in [0.1, 0.15) is 26.3 Å². The van der Waals surface area contributed by atoms with E-state index in [1.54, 1.807) is 38.1 Å². The van der Waals surface area contributed by atoms with Crippen LogP contribution in [0.5, 0.6) is 0 Å². The van der Waals surface area contributed by atoms with Crippen molar-refractivity contribution < 1.29 is 14.7 Å². The lowest BCUT2D eigenvalue weighted by Crippen LogP contribution is -2.53. The van der Waals surface area contributed by atoms with Crippen molar-refractivity contribution in [2.75, 3.05) is 12.0 Å². The van der Waals surface area contributed by atoms with Gasteiger partial charge < -0.3 is 20.2 Å². The van der Waals surface area contributed by atoms with Crippen LogP contribution in [-0.4, -0.2) is 39.5 Å². The van der Waals surface area contributed by atoms with Crippen molar-refractivity contribution in [2.45, 2.75) is 32.4 Å². The van der Waals surface area contributed by atoms with Gasteiger partial charge in [0.2, 0.25) is 5.91 Å². The van der Waals surface area contributed by atoms with E-state index < -0.39 is 41.1 Å². The Bertz CT molecular complexity index is 950. The third-order valence-electron chi connectivity index (χ3n) is 4.23. The number of carbonyl (C=O) groups is 2. The first kappa shape index (κ1) is 20.8. The van der Waals surface area contributed by atoms with Crippen molar-refractivity contribution in [1.29, 1.82) is 0 Å². The van der Waals surface area contributed by atoms with Gasteiger partial charge in [0.25, 0.3) is 5.56 Å². The minimum Gasteiger partial charge on any atom is -0.548 e. The second kappa shape index (κ2) is 8.90. The number of hydrogen-bond acceptors (Lipinski definition) is 6. The van der Waals surface area contributed by atoms with Gasteiger partial charge in [-0.2, -0.15) is 11.8 Å². The lowest BCUT2D eigenvalue weighted by molar-refractivity contribution is -0.308. The van der Waals surface area contributed by atoms with Crippen molar-refractivity contribution in [3.8, 4) is 0 Å². The average molecular weight is 392 g/mol. The molecule has 146 valence electrons. The molecule has 0 radical (unpaired) electrons. The Morgan fingerprint density at radius 3 is 2.52 bits per heavy atom. The van der Waals surface area contributed by atoms with Gasteiger partial charge in [0.15, 0.2) is 0 Å². The van der Waals surface area contributed by atoms with Crippen molar-refractivity contribution in [3.05, 3.63) is 45.1 Å². The van der Waals surface area contributed by atoms with Gasteiger partial charge in [0, 0.05) is 0 Å². The largest absolute Gasteiger partial charge is 0.548 e. The number of rotatable bonds is 8. The van der Waals surface area contributed by atoms with E-state index in [-0.39, 0.29) is 11.8 Å². The maximum absolute atomic E-state index is 12.8. The summed E-state index contributed by atoms with van der Waals surface area (Å²) in [6.45, 7) is 3.36. The number of para-hydroxylation sites is 1. The van der Waals surface area contributed by atoms with Gasteiger partial charge in [-0.05, 0) is 36.5 Å². The zero-order valence-corrected chi connectivity index (χ0v) is 16.2. The van der Waals surface area contributed by atoms with Crippen LogP contribution in [0.15, 0.2) is 33.9 Å². The van der Waals surface area contributed by atoms with Gasteiger partial charge in [-0.1, -0.05) is 26.0 Å². The Hall–Kier alpha value is -2.55. The maximum Gasteiger partial charge on any atom is 0.329 e. The van der Waals surface area contributed by atoms with Crippen LogP contribution in [0.25, 0.3) is 10.9 Å². The number of thioether (sulfide) groups is 1. The number of benzene rings is 1. The molecule has 0 unspecified atom stereocenters. The molecule has 1 aromatic heterocycles. The minimum absolute atomic E-state index is 0.184. The molecule has 9 heteroatoms. The fourth-order valence-corrected chi connectivity index (χ4v) is 3.36. The Kier molecular flexibility index (Phi) is 6.84. The van der Waals surface area contributed by atoms with Gasteiger partial charge in [-0.25, -0.2) is 9.36 Å². The lowest BCUT2D eigenvalue weighted by atomic mass is 10.0. The molecule has 0 spiro atoms. The molecular formula is C18H22N3O5S-. The first-order chi connectivity index (χ1) is 12.8. The molecule has 2 rings (SSSR count). The highest BCUT2D eigenvalue weighted by Gasteiger charge is 2.29. The molecule has 2 aromatic rings. The van der Waals surface area contributed by atoms with E-state index in [2.05, 4.69) is 10.3 Å². The molecule has 1 aromatic carbocycles. The molecule has 0 aliphatic rings. The van der Waals surface area contributed by atoms with Crippen molar-refractivity contribution in [1.82, 2.24) is 14.9 Å². The van der Waals surface area contributed by atoms with E-state index in [1.807, 2.05) is 6.26 Å². The third kappa shape index (κ3) is 4.60. The number of aromatic nitrogens is 2. The third-order valence-corrected chi connectivity index (χ3v) is 4.87. The number of nitrogens with one attached hydrogen (secondary N) is 2. The van der Waals surface area contributed by atoms with Crippen LogP contribution < -0.4 is 21.7 Å². The molecule has 1 amide bonds. The summed E-state index contributed by atoms with van der Waals surface area (Å²) >= 11 is 1.44. The second-order valence-electron chi connectivity index (χ2n) is 6.50. The number of amides is 1. The summed E-state index contributed by atoms with van der Waals surface area (Å²) in [6, 6.07) is 4.16. The minimum atomic E-state index is -1.40. The van der Waals surface area contributed by atoms with Gasteiger partial charge in [0.05, 0.1) is 22.9 Å². The predicted molar refractivity (Wildman–Crippen MR) is 103 cm³/mol. The Balaban J connectivity index is 2.47. The molecule has 0 bridgehead atoms. The van der Waals surface area contributed by atoms with E-state index in [0.717, 1.165) is 4.57 Å². The molecule has 0 saturated carbocycles.